The fourth-order valence-corrected chi connectivity index (χ4v) is 1.37. The molecule has 1 aromatic rings. The number of carbonyl (C=O) groups excluding carboxylic acids is 1. The molecule has 0 aliphatic rings. The van der Waals surface area contributed by atoms with Crippen LogP contribution in [0, 0.1) is 0 Å². The van der Waals surface area contributed by atoms with Crippen LogP contribution in [-0.2, 0) is 15.7 Å². The van der Waals surface area contributed by atoms with Crippen molar-refractivity contribution in [2.75, 3.05) is 19.0 Å². The molecular formula is C10H9ClF3NO2. The molecule has 0 aliphatic carbocycles. The van der Waals surface area contributed by atoms with Crippen LogP contribution in [0.4, 0.5) is 18.9 Å². The molecule has 1 aromatic carbocycles. The van der Waals surface area contributed by atoms with Gasteiger partial charge in [-0.25, -0.2) is 0 Å². The Balaban J connectivity index is 2.93. The molecule has 0 fully saturated rings. The molecule has 94 valence electrons. The number of hydrogen-bond acceptors (Lipinski definition) is 2. The number of methoxy groups -OCH3 is 1. The Morgan fingerprint density at radius 2 is 2.12 bits per heavy atom. The Labute approximate surface area is 101 Å². The van der Waals surface area contributed by atoms with E-state index in [1.165, 1.54) is 13.2 Å². The molecule has 1 rings (SSSR count). The average molecular weight is 268 g/mol. The normalized spacial score (nSPS) is 11.4. The molecule has 3 nitrogen and oxygen atoms in total. The van der Waals surface area contributed by atoms with E-state index in [0.29, 0.717) is 0 Å². The molecule has 0 spiro atoms. The fraction of sp³-hybridized carbons (Fsp3) is 0.300. The Hall–Kier alpha value is -1.27. The third-order valence-corrected chi connectivity index (χ3v) is 2.16. The van der Waals surface area contributed by atoms with Crippen LogP contribution in [0.1, 0.15) is 5.56 Å². The lowest BCUT2D eigenvalue weighted by molar-refractivity contribution is -0.137. The van der Waals surface area contributed by atoms with E-state index >= 15 is 0 Å². The number of halogens is 4. The van der Waals surface area contributed by atoms with Crippen molar-refractivity contribution in [2.24, 2.45) is 0 Å². The molecule has 0 unspecified atom stereocenters. The van der Waals surface area contributed by atoms with Crippen LogP contribution in [0.2, 0.25) is 5.02 Å². The second kappa shape index (κ2) is 5.37. The van der Waals surface area contributed by atoms with Gasteiger partial charge in [0.05, 0.1) is 10.6 Å². The lowest BCUT2D eigenvalue weighted by Crippen LogP contribution is -2.17. The zero-order chi connectivity index (χ0) is 13.1. The van der Waals surface area contributed by atoms with Gasteiger partial charge in [-0.3, -0.25) is 4.79 Å². The monoisotopic (exact) mass is 267 g/mol. The first-order valence-corrected chi connectivity index (χ1v) is 4.88. The summed E-state index contributed by atoms with van der Waals surface area (Å²) in [7, 11) is 1.31. The van der Waals surface area contributed by atoms with Gasteiger partial charge >= 0.3 is 6.18 Å². The van der Waals surface area contributed by atoms with Gasteiger partial charge in [0.1, 0.15) is 6.61 Å². The van der Waals surface area contributed by atoms with E-state index in [4.69, 9.17) is 11.6 Å². The maximum atomic E-state index is 12.5. The highest BCUT2D eigenvalue weighted by Crippen LogP contribution is 2.36. The van der Waals surface area contributed by atoms with Crippen molar-refractivity contribution in [3.05, 3.63) is 28.8 Å². The lowest BCUT2D eigenvalue weighted by Gasteiger charge is -2.11. The zero-order valence-corrected chi connectivity index (χ0v) is 9.52. The summed E-state index contributed by atoms with van der Waals surface area (Å²) in [6.07, 6.45) is -4.56. The molecule has 1 N–H and O–H groups in total. The van der Waals surface area contributed by atoms with Gasteiger partial charge in [-0.2, -0.15) is 13.2 Å². The summed E-state index contributed by atoms with van der Waals surface area (Å²) in [5.74, 6) is -0.539. The summed E-state index contributed by atoms with van der Waals surface area (Å²) in [5.41, 5.74) is -0.974. The van der Waals surface area contributed by atoms with Crippen molar-refractivity contribution < 1.29 is 22.7 Å². The Bertz CT molecular complexity index is 421. The highest BCUT2D eigenvalue weighted by Gasteiger charge is 2.33. The highest BCUT2D eigenvalue weighted by molar-refractivity contribution is 6.31. The molecule has 0 atom stereocenters. The number of nitrogens with one attached hydrogen (secondary N) is 1. The Morgan fingerprint density at radius 1 is 1.47 bits per heavy atom. The highest BCUT2D eigenvalue weighted by atomic mass is 35.5. The largest absolute Gasteiger partial charge is 0.417 e. The minimum atomic E-state index is -4.56. The van der Waals surface area contributed by atoms with Crippen LogP contribution in [0.25, 0.3) is 0 Å². The van der Waals surface area contributed by atoms with Crippen LogP contribution in [-0.4, -0.2) is 19.6 Å². The summed E-state index contributed by atoms with van der Waals surface area (Å²) in [5, 5.41) is 1.85. The van der Waals surface area contributed by atoms with Crippen LogP contribution in [0.3, 0.4) is 0 Å². The topological polar surface area (TPSA) is 38.3 Å². The second-order valence-electron chi connectivity index (χ2n) is 3.17. The quantitative estimate of drug-likeness (QED) is 0.914. The van der Waals surface area contributed by atoms with E-state index < -0.39 is 22.7 Å². The van der Waals surface area contributed by atoms with Crippen molar-refractivity contribution in [3.8, 4) is 0 Å². The Morgan fingerprint density at radius 3 is 2.65 bits per heavy atom. The standard InChI is InChI=1S/C10H9ClF3NO2/c1-17-5-9(16)15-6-2-3-8(11)7(4-6)10(12,13)14/h2-4H,5H2,1H3,(H,15,16). The molecule has 0 bridgehead atoms. The SMILES string of the molecule is COCC(=O)Nc1ccc(Cl)c(C(F)(F)F)c1. The third kappa shape index (κ3) is 3.90. The van der Waals surface area contributed by atoms with Gasteiger partial charge in [0.2, 0.25) is 5.91 Å². The van der Waals surface area contributed by atoms with E-state index in [9.17, 15) is 18.0 Å². The van der Waals surface area contributed by atoms with Crippen LogP contribution >= 0.6 is 11.6 Å². The van der Waals surface area contributed by atoms with Gasteiger partial charge in [0, 0.05) is 12.8 Å². The minimum absolute atomic E-state index is 0.0174. The predicted octanol–water partition coefficient (Wildman–Crippen LogP) is 2.94. The summed E-state index contributed by atoms with van der Waals surface area (Å²) < 4.78 is 42.0. The molecule has 1 amide bonds. The molecule has 0 aromatic heterocycles. The smallest absolute Gasteiger partial charge is 0.375 e. The number of benzene rings is 1. The van der Waals surface area contributed by atoms with Crippen LogP contribution in [0.5, 0.6) is 0 Å². The maximum absolute atomic E-state index is 12.5. The third-order valence-electron chi connectivity index (χ3n) is 1.83. The number of rotatable bonds is 3. The van der Waals surface area contributed by atoms with Gasteiger partial charge in [-0.1, -0.05) is 11.6 Å². The van der Waals surface area contributed by atoms with Crippen LogP contribution in [0.15, 0.2) is 18.2 Å². The zero-order valence-electron chi connectivity index (χ0n) is 8.77. The number of amides is 1. The predicted molar refractivity (Wildman–Crippen MR) is 57.0 cm³/mol. The van der Waals surface area contributed by atoms with E-state index in [2.05, 4.69) is 10.1 Å². The van der Waals surface area contributed by atoms with Crippen molar-refractivity contribution in [3.63, 3.8) is 0 Å². The number of hydrogen-bond donors (Lipinski definition) is 1. The lowest BCUT2D eigenvalue weighted by atomic mass is 10.2. The number of ether oxygens (including phenoxy) is 1. The van der Waals surface area contributed by atoms with Crippen molar-refractivity contribution in [2.45, 2.75) is 6.18 Å². The molecule has 7 heteroatoms. The average Bonchev–Trinajstić information content (AvgIpc) is 2.19. The molecule has 0 aliphatic heterocycles. The summed E-state index contributed by atoms with van der Waals surface area (Å²) in [6, 6.07) is 3.13. The van der Waals surface area contributed by atoms with Gasteiger partial charge in [0.25, 0.3) is 0 Å². The maximum Gasteiger partial charge on any atom is 0.417 e. The Kier molecular flexibility index (Phi) is 4.36. The van der Waals surface area contributed by atoms with Crippen LogP contribution < -0.4 is 5.32 Å². The summed E-state index contributed by atoms with van der Waals surface area (Å²) in [4.78, 5) is 11.1. The van der Waals surface area contributed by atoms with E-state index in [-0.39, 0.29) is 12.3 Å². The molecule has 0 saturated carbocycles. The molecule has 17 heavy (non-hydrogen) atoms. The minimum Gasteiger partial charge on any atom is -0.375 e. The second-order valence-corrected chi connectivity index (χ2v) is 3.58. The van der Waals surface area contributed by atoms with Gasteiger partial charge in [0.15, 0.2) is 0 Å². The molecular weight excluding hydrogens is 259 g/mol. The van der Waals surface area contributed by atoms with E-state index in [1.54, 1.807) is 0 Å². The van der Waals surface area contributed by atoms with E-state index in [1.807, 2.05) is 0 Å². The van der Waals surface area contributed by atoms with Gasteiger partial charge in [-0.05, 0) is 18.2 Å². The van der Waals surface area contributed by atoms with Crippen molar-refractivity contribution in [1.29, 1.82) is 0 Å². The molecule has 0 radical (unpaired) electrons. The van der Waals surface area contributed by atoms with Gasteiger partial charge in [-0.15, -0.1) is 0 Å². The number of anilines is 1. The fourth-order valence-electron chi connectivity index (χ4n) is 1.15. The summed E-state index contributed by atoms with van der Waals surface area (Å²) >= 11 is 5.42. The van der Waals surface area contributed by atoms with E-state index in [0.717, 1.165) is 12.1 Å². The number of alkyl halides is 3. The first-order chi connectivity index (χ1) is 7.84. The van der Waals surface area contributed by atoms with Crippen molar-refractivity contribution >= 4 is 23.2 Å². The first kappa shape index (κ1) is 13.8. The molecule has 0 heterocycles. The number of carbonyl (C=O) groups is 1. The van der Waals surface area contributed by atoms with Gasteiger partial charge < -0.3 is 10.1 Å². The summed E-state index contributed by atoms with van der Waals surface area (Å²) in [6.45, 7) is -0.232. The first-order valence-electron chi connectivity index (χ1n) is 4.50. The van der Waals surface area contributed by atoms with Crippen molar-refractivity contribution in [1.82, 2.24) is 0 Å². The molecule has 0 saturated heterocycles.